The molecule has 10 rings (SSSR count). The molecule has 10 aromatic carbocycles. The summed E-state index contributed by atoms with van der Waals surface area (Å²) in [6.45, 7) is 8.16. The second-order valence-corrected chi connectivity index (χ2v) is 20.0. The SMILES string of the molecule is C=CC(=O)OCCCCOc1ccc(C(=O)Oc2ccc(-c3ccc(C(=O)Oc4ccc5ccccc5c4-c4c(OC(=O)c5ccc(-c6ccc(OC(=O)c7ccc(OCCCCOC(=O)C=C)cc7)cc6)cc5)ccc5ccccc45)cc3)cc2)cc1. The Kier molecular flexibility index (Phi) is 19.7. The van der Waals surface area contributed by atoms with Crippen molar-refractivity contribution in [1.82, 2.24) is 0 Å². The van der Waals surface area contributed by atoms with Crippen LogP contribution in [0.5, 0.6) is 34.5 Å². The van der Waals surface area contributed by atoms with Gasteiger partial charge in [0.05, 0.1) is 48.7 Å². The van der Waals surface area contributed by atoms with Crippen molar-refractivity contribution in [2.45, 2.75) is 25.7 Å². The van der Waals surface area contributed by atoms with Crippen molar-refractivity contribution in [3.8, 4) is 67.9 Å². The predicted molar refractivity (Wildman–Crippen MR) is 335 cm³/mol. The molecule has 10 aromatic rings. The van der Waals surface area contributed by atoms with Crippen LogP contribution in [-0.2, 0) is 19.1 Å². The highest BCUT2D eigenvalue weighted by Gasteiger charge is 2.24. The summed E-state index contributed by atoms with van der Waals surface area (Å²) in [5.74, 6) is -0.787. The van der Waals surface area contributed by atoms with Crippen molar-refractivity contribution in [2.75, 3.05) is 26.4 Å². The van der Waals surface area contributed by atoms with Gasteiger partial charge in [0, 0.05) is 23.3 Å². The van der Waals surface area contributed by atoms with Crippen molar-refractivity contribution in [1.29, 1.82) is 0 Å². The molecule has 14 nitrogen and oxygen atoms in total. The average Bonchev–Trinajstić information content (AvgIpc) is 1.68. The third-order valence-corrected chi connectivity index (χ3v) is 14.1. The molecule has 0 bridgehead atoms. The van der Waals surface area contributed by atoms with Gasteiger partial charge < -0.3 is 37.9 Å². The van der Waals surface area contributed by atoms with Crippen LogP contribution >= 0.6 is 0 Å². The highest BCUT2D eigenvalue weighted by Crippen LogP contribution is 2.46. The van der Waals surface area contributed by atoms with Crippen LogP contribution < -0.4 is 28.4 Å². The van der Waals surface area contributed by atoms with E-state index in [0.717, 1.165) is 56.0 Å². The van der Waals surface area contributed by atoms with Gasteiger partial charge in [-0.15, -0.1) is 0 Å². The molecule has 88 heavy (non-hydrogen) atoms. The summed E-state index contributed by atoms with van der Waals surface area (Å²) in [6.07, 6.45) is 4.89. The Labute approximate surface area is 507 Å². The zero-order chi connectivity index (χ0) is 61.2. The van der Waals surface area contributed by atoms with Crippen LogP contribution in [-0.4, -0.2) is 62.2 Å². The number of hydrogen-bond donors (Lipinski definition) is 0. The van der Waals surface area contributed by atoms with Crippen LogP contribution in [0.3, 0.4) is 0 Å². The van der Waals surface area contributed by atoms with Crippen LogP contribution in [0.1, 0.15) is 67.1 Å². The number of carbonyl (C=O) groups is 6. The van der Waals surface area contributed by atoms with E-state index >= 15 is 0 Å². The van der Waals surface area contributed by atoms with Gasteiger partial charge in [-0.2, -0.15) is 0 Å². The minimum atomic E-state index is -0.604. The number of hydrogen-bond acceptors (Lipinski definition) is 14. The standard InChI is InChI=1S/C74H58O14/c1-3-67(75)83-47-11-9-45-81-59-35-29-57(30-36-59)71(77)85-61-39-25-51(26-40-61)49-17-21-55(22-18-49)73(79)87-65-43-33-53-13-5-7-15-63(53)69(65)70-64-16-8-6-14-54(64)34-44-66(70)88-74(80)56-23-19-50(20-24-56)52-27-41-62(42-28-52)86-72(78)58-31-37-60(38-32-58)82-46-10-12-48-84-68(76)4-2/h3-8,13-44H,1-2,9-12,45-48H2. The minimum absolute atomic E-state index is 0.258. The van der Waals surface area contributed by atoms with E-state index < -0.39 is 35.8 Å². The Morgan fingerprint density at radius 2 is 0.602 bits per heavy atom. The first-order valence-electron chi connectivity index (χ1n) is 28.4. The maximum absolute atomic E-state index is 14.2. The number of ether oxygens (including phenoxy) is 8. The maximum atomic E-state index is 14.2. The molecular formula is C74H58O14. The van der Waals surface area contributed by atoms with Gasteiger partial charge in [0.2, 0.25) is 0 Å². The molecule has 438 valence electrons. The summed E-state index contributed by atoms with van der Waals surface area (Å²) in [5.41, 5.74) is 5.67. The lowest BCUT2D eigenvalue weighted by atomic mass is 9.92. The van der Waals surface area contributed by atoms with Gasteiger partial charge in [0.1, 0.15) is 34.5 Å². The number of esters is 6. The van der Waals surface area contributed by atoms with Crippen LogP contribution in [0.15, 0.2) is 244 Å². The third kappa shape index (κ3) is 15.3. The minimum Gasteiger partial charge on any atom is -0.494 e. The molecule has 14 heteroatoms. The van der Waals surface area contributed by atoms with Gasteiger partial charge in [0.25, 0.3) is 0 Å². The zero-order valence-electron chi connectivity index (χ0n) is 47.7. The summed E-state index contributed by atoms with van der Waals surface area (Å²) in [6, 6.07) is 64.0. The van der Waals surface area contributed by atoms with Gasteiger partial charge in [-0.1, -0.05) is 122 Å². The lowest BCUT2D eigenvalue weighted by molar-refractivity contribution is -0.138. The number of unbranched alkanes of at least 4 members (excludes halogenated alkanes) is 2. The molecule has 0 fully saturated rings. The zero-order valence-corrected chi connectivity index (χ0v) is 47.7. The molecule has 0 aliphatic carbocycles. The number of benzene rings is 10. The van der Waals surface area contributed by atoms with Gasteiger partial charge >= 0.3 is 35.8 Å². The van der Waals surface area contributed by atoms with E-state index in [2.05, 4.69) is 13.2 Å². The maximum Gasteiger partial charge on any atom is 0.343 e. The van der Waals surface area contributed by atoms with Crippen molar-refractivity contribution in [3.05, 3.63) is 266 Å². The Hall–Kier alpha value is -11.4. The van der Waals surface area contributed by atoms with E-state index in [1.165, 1.54) is 0 Å². The van der Waals surface area contributed by atoms with Crippen molar-refractivity contribution in [3.63, 3.8) is 0 Å². The van der Waals surface area contributed by atoms with Crippen LogP contribution in [0.4, 0.5) is 0 Å². The van der Waals surface area contributed by atoms with Crippen LogP contribution in [0.2, 0.25) is 0 Å². The lowest BCUT2D eigenvalue weighted by Gasteiger charge is -2.19. The van der Waals surface area contributed by atoms with Crippen molar-refractivity contribution in [2.24, 2.45) is 0 Å². The van der Waals surface area contributed by atoms with E-state index in [0.29, 0.717) is 95.3 Å². The molecule has 0 heterocycles. The fourth-order valence-electron chi connectivity index (χ4n) is 9.49. The molecule has 0 radical (unpaired) electrons. The molecule has 0 saturated heterocycles. The Bertz CT molecular complexity index is 3880. The highest BCUT2D eigenvalue weighted by molar-refractivity contribution is 6.11. The van der Waals surface area contributed by atoms with E-state index in [-0.39, 0.29) is 24.7 Å². The summed E-state index contributed by atoms with van der Waals surface area (Å²) in [5, 5.41) is 3.28. The quantitative estimate of drug-likeness (QED) is 0.0229. The Balaban J connectivity index is 0.778. The highest BCUT2D eigenvalue weighted by atomic mass is 16.6. The third-order valence-electron chi connectivity index (χ3n) is 14.1. The summed E-state index contributed by atoms with van der Waals surface area (Å²) < 4.78 is 45.3. The molecule has 0 aromatic heterocycles. The molecule has 0 unspecified atom stereocenters. The predicted octanol–water partition coefficient (Wildman–Crippen LogP) is 15.6. The number of fused-ring (bicyclic) bond motifs is 2. The largest absolute Gasteiger partial charge is 0.494 e. The second-order valence-electron chi connectivity index (χ2n) is 20.0. The van der Waals surface area contributed by atoms with E-state index in [9.17, 15) is 28.8 Å². The molecule has 0 N–H and O–H groups in total. The summed E-state index contributed by atoms with van der Waals surface area (Å²) in [7, 11) is 0. The number of rotatable bonds is 25. The molecule has 0 aliphatic heterocycles. The first-order valence-corrected chi connectivity index (χ1v) is 28.4. The Morgan fingerprint density at radius 1 is 0.307 bits per heavy atom. The first kappa shape index (κ1) is 59.8. The van der Waals surface area contributed by atoms with E-state index in [1.54, 1.807) is 109 Å². The first-order chi connectivity index (χ1) is 43.0. The van der Waals surface area contributed by atoms with Crippen LogP contribution in [0, 0.1) is 0 Å². The average molecular weight is 1170 g/mol. The van der Waals surface area contributed by atoms with Crippen molar-refractivity contribution >= 4 is 57.4 Å². The van der Waals surface area contributed by atoms with E-state index in [1.807, 2.05) is 109 Å². The summed E-state index contributed by atoms with van der Waals surface area (Å²) in [4.78, 5) is 76.7. The summed E-state index contributed by atoms with van der Waals surface area (Å²) >= 11 is 0. The normalized spacial score (nSPS) is 10.8. The Morgan fingerprint density at radius 3 is 0.955 bits per heavy atom. The molecule has 0 spiro atoms. The van der Waals surface area contributed by atoms with Gasteiger partial charge in [-0.3, -0.25) is 0 Å². The van der Waals surface area contributed by atoms with Crippen LogP contribution in [0.25, 0.3) is 54.9 Å². The lowest BCUT2D eigenvalue weighted by Crippen LogP contribution is -2.11. The fraction of sp³-hybridized carbons (Fsp3) is 0.108. The topological polar surface area (TPSA) is 176 Å². The monoisotopic (exact) mass is 1170 g/mol. The van der Waals surface area contributed by atoms with Gasteiger partial charge in [0.15, 0.2) is 0 Å². The number of carbonyl (C=O) groups excluding carboxylic acids is 6. The fourth-order valence-corrected chi connectivity index (χ4v) is 9.49. The van der Waals surface area contributed by atoms with Crippen molar-refractivity contribution < 1.29 is 66.7 Å². The smallest absolute Gasteiger partial charge is 0.343 e. The molecule has 0 atom stereocenters. The molecule has 0 saturated carbocycles. The van der Waals surface area contributed by atoms with Gasteiger partial charge in [-0.05, 0) is 179 Å². The van der Waals surface area contributed by atoms with E-state index in [4.69, 9.17) is 37.9 Å². The van der Waals surface area contributed by atoms with Gasteiger partial charge in [-0.25, -0.2) is 28.8 Å². The molecular weight excluding hydrogens is 1110 g/mol. The molecule has 0 aliphatic rings. The molecule has 0 amide bonds. The second kappa shape index (κ2) is 28.9.